The number of benzene rings is 2. The minimum Gasteiger partial charge on any atom is -0.420 e. The molecule has 2 aromatic carbocycles. The van der Waals surface area contributed by atoms with Crippen molar-refractivity contribution < 1.29 is 22.8 Å². The maximum atomic E-state index is 12.5. The van der Waals surface area contributed by atoms with Gasteiger partial charge in [-0.15, -0.1) is 4.41 Å². The van der Waals surface area contributed by atoms with Crippen molar-refractivity contribution in [2.45, 2.75) is 19.0 Å². The van der Waals surface area contributed by atoms with Gasteiger partial charge in [-0.2, -0.15) is 8.78 Å². The number of amidine groups is 1. The summed E-state index contributed by atoms with van der Waals surface area (Å²) >= 11 is 4.84. The molecule has 1 atom stereocenters. The summed E-state index contributed by atoms with van der Waals surface area (Å²) in [5.41, 5.74) is 5.27. The Morgan fingerprint density at radius 2 is 2.07 bits per heavy atom. The summed E-state index contributed by atoms with van der Waals surface area (Å²) in [5, 5.41) is 0. The van der Waals surface area contributed by atoms with Crippen molar-refractivity contribution in [3.05, 3.63) is 64.1 Å². The summed E-state index contributed by atoms with van der Waals surface area (Å²) in [6.45, 7) is 0.567. The van der Waals surface area contributed by atoms with E-state index in [1.807, 2.05) is 34.7 Å². The molecule has 0 spiro atoms. The first-order valence-electron chi connectivity index (χ1n) is 8.71. The first-order valence-corrected chi connectivity index (χ1v) is 12.1. The molecular formula is C18H19BrF2N3O3PS. The summed E-state index contributed by atoms with van der Waals surface area (Å²) in [7, 11) is -4.98. The highest BCUT2D eigenvalue weighted by molar-refractivity contribution is 9.10. The molecule has 0 saturated carbocycles. The predicted molar refractivity (Wildman–Crippen MR) is 114 cm³/mol. The molecule has 2 N–H and O–H groups in total. The van der Waals surface area contributed by atoms with Crippen LogP contribution < -0.4 is 9.95 Å². The molecule has 0 aliphatic carbocycles. The Kier molecular flexibility index (Phi) is 7.70. The van der Waals surface area contributed by atoms with E-state index in [2.05, 4.69) is 30.9 Å². The smallest absolute Gasteiger partial charge is 0.420 e. The first-order chi connectivity index (χ1) is 13.8. The average molecular weight is 506 g/mol. The number of nitrogens with zero attached hydrogens (tertiary/aromatic N) is 2. The minimum absolute atomic E-state index is 0.0823. The Morgan fingerprint density at radius 3 is 2.76 bits per heavy atom. The van der Waals surface area contributed by atoms with Crippen LogP contribution in [0.2, 0.25) is 0 Å². The molecule has 156 valence electrons. The van der Waals surface area contributed by atoms with E-state index in [1.165, 1.54) is 6.07 Å². The van der Waals surface area contributed by atoms with Gasteiger partial charge in [-0.25, -0.2) is 9.56 Å². The predicted octanol–water partition coefficient (Wildman–Crippen LogP) is 5.04. The fourth-order valence-electron chi connectivity index (χ4n) is 2.55. The van der Waals surface area contributed by atoms with Gasteiger partial charge < -0.3 is 9.42 Å². The molecule has 0 amide bonds. The summed E-state index contributed by atoms with van der Waals surface area (Å²) < 4.78 is 43.2. The third-order valence-electron chi connectivity index (χ3n) is 3.96. The van der Waals surface area contributed by atoms with Crippen LogP contribution in [0.15, 0.2) is 58.0 Å². The summed E-state index contributed by atoms with van der Waals surface area (Å²) in [6.07, 6.45) is -1.81. The van der Waals surface area contributed by atoms with Crippen LogP contribution >= 0.6 is 35.5 Å². The topological polar surface area (TPSA) is 74.2 Å². The van der Waals surface area contributed by atoms with Gasteiger partial charge in [0.25, 0.3) is 0 Å². The van der Waals surface area contributed by atoms with E-state index in [-0.39, 0.29) is 5.75 Å². The van der Waals surface area contributed by atoms with Gasteiger partial charge in [-0.1, -0.05) is 48.3 Å². The van der Waals surface area contributed by atoms with Crippen LogP contribution in [0, 0.1) is 0 Å². The van der Waals surface area contributed by atoms with Crippen molar-refractivity contribution in [3.63, 3.8) is 0 Å². The summed E-state index contributed by atoms with van der Waals surface area (Å²) in [5.74, 6) is 1.63. The van der Waals surface area contributed by atoms with E-state index in [0.29, 0.717) is 11.1 Å². The Bertz CT molecular complexity index is 920. The minimum atomic E-state index is -4.98. The largest absolute Gasteiger partial charge is 0.442 e. The Hall–Kier alpha value is -1.45. The maximum Gasteiger partial charge on any atom is 0.442 e. The zero-order valence-electron chi connectivity index (χ0n) is 15.2. The number of hydrogen-bond acceptors (Lipinski definition) is 6. The lowest BCUT2D eigenvalue weighted by molar-refractivity contribution is 0.188. The van der Waals surface area contributed by atoms with Gasteiger partial charge >= 0.3 is 13.8 Å². The second kappa shape index (κ2) is 10.0. The van der Waals surface area contributed by atoms with E-state index >= 15 is 0 Å². The van der Waals surface area contributed by atoms with Crippen LogP contribution in [-0.2, 0) is 11.0 Å². The molecule has 0 bridgehead atoms. The normalized spacial score (nSPS) is 16.4. The van der Waals surface area contributed by atoms with E-state index in [1.54, 1.807) is 24.1 Å². The van der Waals surface area contributed by atoms with Crippen molar-refractivity contribution >= 4 is 41.3 Å². The third-order valence-corrected chi connectivity index (χ3v) is 6.53. The molecule has 0 saturated heterocycles. The highest BCUT2D eigenvalue weighted by Gasteiger charge is 2.34. The number of aliphatic imine (C=N–C) groups is 1. The Labute approximate surface area is 180 Å². The SMILES string of the molecule is O=P(O)(Oc1ccc(CCCSN2CN=C(c3ccccc3)N2)cc1Br)C(F)F. The average Bonchev–Trinajstić information content (AvgIpc) is 3.17. The van der Waals surface area contributed by atoms with Crippen LogP contribution in [0.25, 0.3) is 0 Å². The number of hydrazine groups is 1. The van der Waals surface area contributed by atoms with E-state index in [4.69, 9.17) is 4.89 Å². The third kappa shape index (κ3) is 6.26. The molecule has 1 aliphatic heterocycles. The number of rotatable bonds is 9. The molecule has 2 aromatic rings. The number of aryl methyl sites for hydroxylation is 1. The van der Waals surface area contributed by atoms with Gasteiger partial charge in [-0.05, 0) is 46.5 Å². The van der Waals surface area contributed by atoms with Crippen molar-refractivity contribution in [2.75, 3.05) is 12.4 Å². The molecule has 29 heavy (non-hydrogen) atoms. The van der Waals surface area contributed by atoms with Gasteiger partial charge in [0.2, 0.25) is 0 Å². The highest BCUT2D eigenvalue weighted by Crippen LogP contribution is 2.50. The van der Waals surface area contributed by atoms with Crippen LogP contribution in [0.5, 0.6) is 5.75 Å². The monoisotopic (exact) mass is 505 g/mol. The van der Waals surface area contributed by atoms with Crippen LogP contribution in [0.4, 0.5) is 8.78 Å². The van der Waals surface area contributed by atoms with Crippen LogP contribution in [-0.4, -0.2) is 33.7 Å². The van der Waals surface area contributed by atoms with Gasteiger partial charge in [0.15, 0.2) is 0 Å². The molecule has 0 aromatic heterocycles. The van der Waals surface area contributed by atoms with Gasteiger partial charge in [0.1, 0.15) is 18.3 Å². The number of halogens is 3. The standard InChI is InChI=1S/C18H19BrF2N3O3PS/c19-15-11-13(8-9-16(15)27-28(25,26)18(20)21)5-4-10-29-24-12-22-17(23-24)14-6-2-1-3-7-14/h1-3,6-9,11,18H,4-5,10,12H2,(H,22,23)(H,25,26). The van der Waals surface area contributed by atoms with Gasteiger partial charge in [0.05, 0.1) is 4.47 Å². The second-order valence-corrected chi connectivity index (χ2v) is 9.80. The highest BCUT2D eigenvalue weighted by atomic mass is 79.9. The molecule has 11 heteroatoms. The molecule has 1 aliphatic rings. The van der Waals surface area contributed by atoms with Crippen molar-refractivity contribution in [1.29, 1.82) is 0 Å². The summed E-state index contributed by atoms with van der Waals surface area (Å²) in [6, 6.07) is 14.7. The van der Waals surface area contributed by atoms with Crippen molar-refractivity contribution in [2.24, 2.45) is 4.99 Å². The maximum absolute atomic E-state index is 12.5. The first kappa shape index (κ1) is 22.2. The number of hydrogen-bond donors (Lipinski definition) is 2. The molecular weight excluding hydrogens is 487 g/mol. The lowest BCUT2D eigenvalue weighted by Gasteiger charge is -2.15. The fraction of sp³-hybridized carbons (Fsp3) is 0.278. The Balaban J connectivity index is 1.42. The van der Waals surface area contributed by atoms with Gasteiger partial charge in [-0.3, -0.25) is 5.43 Å². The second-order valence-electron chi connectivity index (χ2n) is 6.14. The molecule has 0 fully saturated rings. The van der Waals surface area contributed by atoms with Crippen molar-refractivity contribution in [1.82, 2.24) is 9.84 Å². The summed E-state index contributed by atoms with van der Waals surface area (Å²) in [4.78, 5) is 13.6. The molecule has 1 unspecified atom stereocenters. The number of alkyl halides is 2. The lowest BCUT2D eigenvalue weighted by Crippen LogP contribution is -2.31. The lowest BCUT2D eigenvalue weighted by atomic mass is 10.1. The van der Waals surface area contributed by atoms with Crippen LogP contribution in [0.3, 0.4) is 0 Å². The van der Waals surface area contributed by atoms with Gasteiger partial charge in [0, 0.05) is 11.3 Å². The number of nitrogens with one attached hydrogen (secondary N) is 1. The molecule has 6 nitrogen and oxygen atoms in total. The van der Waals surface area contributed by atoms with E-state index in [0.717, 1.165) is 35.6 Å². The van der Waals surface area contributed by atoms with E-state index in [9.17, 15) is 13.3 Å². The Morgan fingerprint density at radius 1 is 1.31 bits per heavy atom. The van der Waals surface area contributed by atoms with E-state index < -0.39 is 13.8 Å². The fourth-order valence-corrected chi connectivity index (χ4v) is 4.49. The molecule has 1 heterocycles. The zero-order chi connectivity index (χ0) is 20.9. The molecule has 0 radical (unpaired) electrons. The molecule has 3 rings (SSSR count). The van der Waals surface area contributed by atoms with Crippen molar-refractivity contribution in [3.8, 4) is 5.75 Å². The quantitative estimate of drug-likeness (QED) is 0.282. The van der Waals surface area contributed by atoms with Crippen LogP contribution in [0.1, 0.15) is 17.5 Å². The zero-order valence-corrected chi connectivity index (χ0v) is 18.5.